The number of rotatable bonds is 4. The Morgan fingerprint density at radius 2 is 2.10 bits per heavy atom. The van der Waals surface area contributed by atoms with Crippen LogP contribution in [0.1, 0.15) is 26.6 Å². The maximum atomic E-state index is 12.0. The molecule has 0 atom stereocenters. The summed E-state index contributed by atoms with van der Waals surface area (Å²) in [5, 5.41) is 14.5. The van der Waals surface area contributed by atoms with Gasteiger partial charge in [-0.25, -0.2) is 9.78 Å². The molecule has 1 heterocycles. The predicted octanol–water partition coefficient (Wildman–Crippen LogP) is 2.64. The van der Waals surface area contributed by atoms with Crippen LogP contribution in [0.5, 0.6) is 0 Å². The van der Waals surface area contributed by atoms with E-state index in [4.69, 9.17) is 5.11 Å². The zero-order valence-electron chi connectivity index (χ0n) is 11.1. The van der Waals surface area contributed by atoms with Crippen LogP contribution in [0.3, 0.4) is 0 Å². The quantitative estimate of drug-likeness (QED) is 0.907. The lowest BCUT2D eigenvalue weighted by Gasteiger charge is -2.10. The number of benzene rings is 1. The van der Waals surface area contributed by atoms with Crippen LogP contribution >= 0.6 is 11.3 Å². The number of nitrogens with zero attached hydrogens (tertiary/aromatic N) is 1. The molecule has 5 nitrogen and oxygen atoms in total. The highest BCUT2D eigenvalue weighted by molar-refractivity contribution is 7.09. The second-order valence-electron chi connectivity index (χ2n) is 4.39. The van der Waals surface area contributed by atoms with Crippen molar-refractivity contribution in [2.24, 2.45) is 0 Å². The highest BCUT2D eigenvalue weighted by Crippen LogP contribution is 2.21. The van der Waals surface area contributed by atoms with E-state index < -0.39 is 5.97 Å². The first-order chi connectivity index (χ1) is 9.47. The number of aryl methyl sites for hydroxylation is 2. The number of anilines is 1. The number of amides is 1. The molecular formula is C14H14N2O3S. The normalized spacial score (nSPS) is 10.3. The van der Waals surface area contributed by atoms with Gasteiger partial charge in [-0.05, 0) is 25.5 Å². The maximum absolute atomic E-state index is 12.0. The Kier molecular flexibility index (Phi) is 4.14. The van der Waals surface area contributed by atoms with Crippen LogP contribution in [-0.4, -0.2) is 22.0 Å². The van der Waals surface area contributed by atoms with E-state index in [0.29, 0.717) is 16.9 Å². The summed E-state index contributed by atoms with van der Waals surface area (Å²) >= 11 is 1.48. The first-order valence-corrected chi connectivity index (χ1v) is 6.89. The van der Waals surface area contributed by atoms with Gasteiger partial charge in [0.2, 0.25) is 5.91 Å². The van der Waals surface area contributed by atoms with Crippen LogP contribution in [0.15, 0.2) is 23.6 Å². The van der Waals surface area contributed by atoms with Crippen LogP contribution < -0.4 is 5.32 Å². The van der Waals surface area contributed by atoms with Gasteiger partial charge >= 0.3 is 5.97 Å². The first kappa shape index (κ1) is 14.2. The summed E-state index contributed by atoms with van der Waals surface area (Å²) in [6, 6.07) is 4.88. The number of carbonyl (C=O) groups is 2. The molecule has 0 aliphatic carbocycles. The third kappa shape index (κ3) is 3.21. The minimum Gasteiger partial charge on any atom is -0.478 e. The predicted molar refractivity (Wildman–Crippen MR) is 77.3 cm³/mol. The van der Waals surface area contributed by atoms with Crippen molar-refractivity contribution in [2.75, 3.05) is 5.32 Å². The molecule has 104 valence electrons. The smallest absolute Gasteiger partial charge is 0.337 e. The average molecular weight is 290 g/mol. The van der Waals surface area contributed by atoms with Gasteiger partial charge in [-0.15, -0.1) is 11.3 Å². The maximum Gasteiger partial charge on any atom is 0.337 e. The third-order valence-corrected chi connectivity index (χ3v) is 3.60. The van der Waals surface area contributed by atoms with E-state index in [1.165, 1.54) is 17.4 Å². The number of hydrogen-bond donors (Lipinski definition) is 2. The molecule has 1 aromatic carbocycles. The number of hydrogen-bond acceptors (Lipinski definition) is 4. The Morgan fingerprint density at radius 1 is 1.35 bits per heavy atom. The summed E-state index contributed by atoms with van der Waals surface area (Å²) in [4.78, 5) is 27.3. The largest absolute Gasteiger partial charge is 0.478 e. The van der Waals surface area contributed by atoms with Crippen molar-refractivity contribution in [1.82, 2.24) is 4.98 Å². The third-order valence-electron chi connectivity index (χ3n) is 2.78. The van der Waals surface area contributed by atoms with Crippen molar-refractivity contribution in [1.29, 1.82) is 0 Å². The molecule has 0 aliphatic heterocycles. The lowest BCUT2D eigenvalue weighted by Crippen LogP contribution is -2.18. The van der Waals surface area contributed by atoms with Gasteiger partial charge in [0, 0.05) is 5.38 Å². The molecule has 1 aromatic heterocycles. The van der Waals surface area contributed by atoms with Crippen molar-refractivity contribution in [3.63, 3.8) is 0 Å². The summed E-state index contributed by atoms with van der Waals surface area (Å²) in [6.45, 7) is 3.63. The van der Waals surface area contributed by atoms with Crippen molar-refractivity contribution in [3.8, 4) is 0 Å². The summed E-state index contributed by atoms with van der Waals surface area (Å²) in [5.41, 5.74) is 1.84. The molecule has 0 unspecified atom stereocenters. The molecule has 20 heavy (non-hydrogen) atoms. The van der Waals surface area contributed by atoms with E-state index in [-0.39, 0.29) is 17.9 Å². The second kappa shape index (κ2) is 5.83. The molecule has 0 spiro atoms. The molecule has 6 heteroatoms. The SMILES string of the molecule is Cc1nc(CC(=O)Nc2c(C)cccc2C(=O)O)cs1. The molecule has 2 rings (SSSR count). The fourth-order valence-electron chi connectivity index (χ4n) is 1.85. The van der Waals surface area contributed by atoms with E-state index in [9.17, 15) is 9.59 Å². The number of carbonyl (C=O) groups excluding carboxylic acids is 1. The lowest BCUT2D eigenvalue weighted by molar-refractivity contribution is -0.115. The van der Waals surface area contributed by atoms with Crippen molar-refractivity contribution in [2.45, 2.75) is 20.3 Å². The molecule has 2 N–H and O–H groups in total. The summed E-state index contributed by atoms with van der Waals surface area (Å²) in [5.74, 6) is -1.33. The standard InChI is InChI=1S/C14H14N2O3S/c1-8-4-3-5-11(14(18)19)13(8)16-12(17)6-10-7-20-9(2)15-10/h3-5,7H,6H2,1-2H3,(H,16,17)(H,18,19). The van der Waals surface area contributed by atoms with Gasteiger partial charge in [0.15, 0.2) is 0 Å². The minimum atomic E-state index is -1.06. The van der Waals surface area contributed by atoms with Gasteiger partial charge in [-0.3, -0.25) is 4.79 Å². The van der Waals surface area contributed by atoms with Gasteiger partial charge in [0.1, 0.15) is 0 Å². The molecule has 1 amide bonds. The van der Waals surface area contributed by atoms with E-state index in [0.717, 1.165) is 5.01 Å². The molecular weight excluding hydrogens is 276 g/mol. The topological polar surface area (TPSA) is 79.3 Å². The Hall–Kier alpha value is -2.21. The number of aromatic carboxylic acids is 1. The number of para-hydroxylation sites is 1. The van der Waals surface area contributed by atoms with E-state index >= 15 is 0 Å². The molecule has 0 fully saturated rings. The second-order valence-corrected chi connectivity index (χ2v) is 5.45. The first-order valence-electron chi connectivity index (χ1n) is 6.01. The molecule has 2 aromatic rings. The number of carboxylic acids is 1. The summed E-state index contributed by atoms with van der Waals surface area (Å²) in [6.07, 6.45) is 0.137. The fraction of sp³-hybridized carbons (Fsp3) is 0.214. The van der Waals surface area contributed by atoms with Gasteiger partial charge < -0.3 is 10.4 Å². The van der Waals surface area contributed by atoms with Gasteiger partial charge in [-0.1, -0.05) is 12.1 Å². The summed E-state index contributed by atoms with van der Waals surface area (Å²) < 4.78 is 0. The highest BCUT2D eigenvalue weighted by atomic mass is 32.1. The average Bonchev–Trinajstić information content (AvgIpc) is 2.77. The number of thiazole rings is 1. The lowest BCUT2D eigenvalue weighted by atomic mass is 10.1. The molecule has 0 saturated heterocycles. The monoisotopic (exact) mass is 290 g/mol. The zero-order chi connectivity index (χ0) is 14.7. The molecule has 0 bridgehead atoms. The van der Waals surface area contributed by atoms with Crippen LogP contribution in [0.25, 0.3) is 0 Å². The van der Waals surface area contributed by atoms with Crippen LogP contribution in [0.2, 0.25) is 0 Å². The number of carboxylic acid groups (broad SMARTS) is 1. The Labute approximate surface area is 120 Å². The minimum absolute atomic E-state index is 0.0906. The van der Waals surface area contributed by atoms with E-state index in [1.807, 2.05) is 12.3 Å². The van der Waals surface area contributed by atoms with Crippen LogP contribution in [-0.2, 0) is 11.2 Å². The van der Waals surface area contributed by atoms with Crippen molar-refractivity contribution < 1.29 is 14.7 Å². The highest BCUT2D eigenvalue weighted by Gasteiger charge is 2.15. The Morgan fingerprint density at radius 3 is 2.70 bits per heavy atom. The Balaban J connectivity index is 2.17. The van der Waals surface area contributed by atoms with Crippen molar-refractivity contribution in [3.05, 3.63) is 45.4 Å². The Bertz CT molecular complexity index is 664. The van der Waals surface area contributed by atoms with Gasteiger partial charge in [0.05, 0.1) is 28.4 Å². The molecule has 0 saturated carbocycles. The molecule has 0 aliphatic rings. The van der Waals surface area contributed by atoms with Crippen LogP contribution in [0.4, 0.5) is 5.69 Å². The van der Waals surface area contributed by atoms with Crippen molar-refractivity contribution >= 4 is 28.9 Å². The van der Waals surface area contributed by atoms with E-state index in [1.54, 1.807) is 19.1 Å². The van der Waals surface area contributed by atoms with Gasteiger partial charge in [-0.2, -0.15) is 0 Å². The van der Waals surface area contributed by atoms with E-state index in [2.05, 4.69) is 10.3 Å². The number of nitrogens with one attached hydrogen (secondary N) is 1. The molecule has 0 radical (unpaired) electrons. The van der Waals surface area contributed by atoms with Crippen LogP contribution in [0, 0.1) is 13.8 Å². The fourth-order valence-corrected chi connectivity index (χ4v) is 2.46. The summed E-state index contributed by atoms with van der Waals surface area (Å²) in [7, 11) is 0. The number of aromatic nitrogens is 1. The van der Waals surface area contributed by atoms with Gasteiger partial charge in [0.25, 0.3) is 0 Å². The zero-order valence-corrected chi connectivity index (χ0v) is 12.0.